The number of aryl methyl sites for hydroxylation is 1. The number of hydrogen-bond acceptors (Lipinski definition) is 3. The van der Waals surface area contributed by atoms with Gasteiger partial charge in [0.2, 0.25) is 0 Å². The normalized spacial score (nSPS) is 13.5. The van der Waals surface area contributed by atoms with E-state index in [1.54, 1.807) is 0 Å². The molecule has 5 nitrogen and oxygen atoms in total. The van der Waals surface area contributed by atoms with Gasteiger partial charge in [-0.15, -0.1) is 0 Å². The molecule has 0 saturated carbocycles. The number of nitrogens with one attached hydrogen (secondary N) is 1. The minimum Gasteiger partial charge on any atom is -0.309 e. The fourth-order valence-electron chi connectivity index (χ4n) is 1.55. The van der Waals surface area contributed by atoms with Gasteiger partial charge in [0.05, 0.1) is 12.7 Å². The number of benzene rings is 1. The van der Waals surface area contributed by atoms with Crippen LogP contribution in [0.25, 0.3) is 10.4 Å². The van der Waals surface area contributed by atoms with Crippen molar-refractivity contribution in [3.63, 3.8) is 0 Å². The first-order valence-corrected chi connectivity index (χ1v) is 7.40. The second kappa shape index (κ2) is 6.36. The Bertz CT molecular complexity index is 428. The Morgan fingerprint density at radius 1 is 1.47 bits per heavy atom. The van der Waals surface area contributed by atoms with Gasteiger partial charge in [0.1, 0.15) is 11.5 Å². The van der Waals surface area contributed by atoms with Crippen molar-refractivity contribution in [3.8, 4) is 0 Å². The van der Waals surface area contributed by atoms with E-state index in [9.17, 15) is 4.89 Å². The van der Waals surface area contributed by atoms with Gasteiger partial charge < -0.3 is 5.41 Å². The molecule has 90 valence electrons. The van der Waals surface area contributed by atoms with Crippen LogP contribution in [0.15, 0.2) is 29.4 Å². The lowest BCUT2D eigenvalue weighted by molar-refractivity contribution is 0.614. The molecule has 1 rings (SSSR count). The molecule has 0 bridgehead atoms. The molecule has 1 aromatic carbocycles. The first kappa shape index (κ1) is 13.7. The summed E-state index contributed by atoms with van der Waals surface area (Å²) in [5.74, 6) is 0. The van der Waals surface area contributed by atoms with Crippen LogP contribution < -0.4 is 5.30 Å². The summed E-state index contributed by atoms with van der Waals surface area (Å²) in [5.41, 5.74) is 9.37. The zero-order valence-corrected chi connectivity index (χ0v) is 10.6. The largest absolute Gasteiger partial charge is 0.309 e. The predicted molar refractivity (Wildman–Crippen MR) is 72.5 cm³/mol. The van der Waals surface area contributed by atoms with Crippen molar-refractivity contribution in [2.24, 2.45) is 5.11 Å². The van der Waals surface area contributed by atoms with E-state index in [-0.39, 0.29) is 6.54 Å². The molecule has 6 heteroatoms. The summed E-state index contributed by atoms with van der Waals surface area (Å²) in [6.07, 6.45) is 1.98. The van der Waals surface area contributed by atoms with Crippen LogP contribution in [0.4, 0.5) is 0 Å². The average Bonchev–Trinajstić information content (AvgIpc) is 2.30. The Kier molecular flexibility index (Phi) is 5.11. The van der Waals surface area contributed by atoms with E-state index in [4.69, 9.17) is 10.9 Å². The van der Waals surface area contributed by atoms with E-state index in [2.05, 4.69) is 10.0 Å². The van der Waals surface area contributed by atoms with E-state index >= 15 is 0 Å². The zero-order chi connectivity index (χ0) is 12.7. The fourth-order valence-corrected chi connectivity index (χ4v) is 3.63. The van der Waals surface area contributed by atoms with E-state index in [1.165, 1.54) is 6.21 Å². The Balaban J connectivity index is 2.92. The van der Waals surface area contributed by atoms with E-state index in [0.29, 0.717) is 12.3 Å². The van der Waals surface area contributed by atoms with Crippen LogP contribution in [0.5, 0.6) is 0 Å². The van der Waals surface area contributed by atoms with Crippen molar-refractivity contribution >= 4 is 19.0 Å². The van der Waals surface area contributed by atoms with Gasteiger partial charge in [0.15, 0.2) is 7.49 Å². The number of nitrogens with zero attached hydrogens (tertiary/aromatic N) is 3. The third kappa shape index (κ3) is 3.82. The Morgan fingerprint density at radius 3 is 2.65 bits per heavy atom. The molecule has 1 atom stereocenters. The first-order chi connectivity index (χ1) is 8.12. The lowest BCUT2D eigenvalue weighted by Crippen LogP contribution is -2.19. The van der Waals surface area contributed by atoms with Crippen molar-refractivity contribution in [3.05, 3.63) is 40.3 Å². The predicted octanol–water partition coefficient (Wildman–Crippen LogP) is 2.51. The Morgan fingerprint density at radius 2 is 2.12 bits per heavy atom. The van der Waals surface area contributed by atoms with Gasteiger partial charge in [0, 0.05) is 11.1 Å². The highest BCUT2D eigenvalue weighted by atomic mass is 31.2. The topological polar surface area (TPSA) is 92.8 Å². The second-order valence-corrected chi connectivity index (χ2v) is 7.00. The van der Waals surface area contributed by atoms with Gasteiger partial charge in [-0.1, -0.05) is 22.8 Å². The Hall–Kier alpha value is -1.41. The highest BCUT2D eigenvalue weighted by Gasteiger charge is 2.36. The van der Waals surface area contributed by atoms with Crippen LogP contribution in [0, 0.1) is 12.3 Å². The van der Waals surface area contributed by atoms with Crippen LogP contribution in [0.2, 0.25) is 0 Å². The highest BCUT2D eigenvalue weighted by Crippen LogP contribution is 2.52. The van der Waals surface area contributed by atoms with E-state index in [0.717, 1.165) is 10.9 Å². The Labute approximate surface area is 101 Å². The smallest absolute Gasteiger partial charge is 0.179 e. The molecular formula is C11H16N4OP+. The van der Waals surface area contributed by atoms with Crippen molar-refractivity contribution in [1.82, 2.24) is 0 Å². The number of azide groups is 1. The maximum Gasteiger partial charge on any atom is 0.179 e. The summed E-state index contributed by atoms with van der Waals surface area (Å²) in [7, 11) is -2.38. The van der Waals surface area contributed by atoms with Gasteiger partial charge in [0.25, 0.3) is 0 Å². The quantitative estimate of drug-likeness (QED) is 0.262. The van der Waals surface area contributed by atoms with Crippen LogP contribution in [-0.4, -0.2) is 30.0 Å². The molecule has 0 aliphatic rings. The molecule has 0 aliphatic heterocycles. The molecule has 0 fully saturated rings. The number of hydrogen-bond donors (Lipinski definition) is 2. The van der Waals surface area contributed by atoms with Gasteiger partial charge in [-0.2, -0.15) is 0 Å². The van der Waals surface area contributed by atoms with E-state index in [1.807, 2.05) is 31.2 Å². The molecular weight excluding hydrogens is 235 g/mol. The molecule has 1 unspecified atom stereocenters. The average molecular weight is 251 g/mol. The van der Waals surface area contributed by atoms with Gasteiger partial charge >= 0.3 is 0 Å². The summed E-state index contributed by atoms with van der Waals surface area (Å²) >= 11 is 0. The molecule has 0 aliphatic carbocycles. The summed E-state index contributed by atoms with van der Waals surface area (Å²) in [6, 6.07) is 7.67. The molecule has 0 saturated heterocycles. The van der Waals surface area contributed by atoms with Gasteiger partial charge in [-0.05, 0) is 24.6 Å². The molecule has 2 N–H and O–H groups in total. The number of rotatable bonds is 6. The summed E-state index contributed by atoms with van der Waals surface area (Å²) in [4.78, 5) is 13.3. The van der Waals surface area contributed by atoms with Gasteiger partial charge in [-0.25, -0.2) is 4.89 Å². The molecule has 1 aromatic rings. The standard InChI is InChI=1S/C11H16N4OP/c1-10-2-4-11(5-3-10)17(16,8-6-12)9-7-14-15-13/h2-6,12,16H,7-9H2,1H3/q+1. The van der Waals surface area contributed by atoms with Crippen molar-refractivity contribution in [1.29, 1.82) is 5.41 Å². The lowest BCUT2D eigenvalue weighted by atomic mass is 10.2. The molecule has 17 heavy (non-hydrogen) atoms. The van der Waals surface area contributed by atoms with Crippen LogP contribution in [0.3, 0.4) is 0 Å². The molecule has 0 spiro atoms. The molecule has 0 aromatic heterocycles. The lowest BCUT2D eigenvalue weighted by Gasteiger charge is -2.17. The summed E-state index contributed by atoms with van der Waals surface area (Å²) in [5, 5.41) is 11.5. The molecule has 0 heterocycles. The summed E-state index contributed by atoms with van der Waals surface area (Å²) < 4.78 is 0. The minimum atomic E-state index is -2.38. The van der Waals surface area contributed by atoms with Crippen molar-refractivity contribution < 1.29 is 4.89 Å². The van der Waals surface area contributed by atoms with Crippen molar-refractivity contribution in [2.75, 3.05) is 18.9 Å². The monoisotopic (exact) mass is 251 g/mol. The maximum atomic E-state index is 10.6. The SMILES string of the molecule is Cc1ccc([P+](O)(CC=N)CCN=[N+]=[N-])cc1. The third-order valence-electron chi connectivity index (χ3n) is 2.54. The maximum absolute atomic E-state index is 10.6. The van der Waals surface area contributed by atoms with Crippen LogP contribution in [-0.2, 0) is 0 Å². The highest BCUT2D eigenvalue weighted by molar-refractivity contribution is 7.78. The van der Waals surface area contributed by atoms with Crippen LogP contribution >= 0.6 is 7.49 Å². The molecule has 0 radical (unpaired) electrons. The fraction of sp³-hybridized carbons (Fsp3) is 0.364. The van der Waals surface area contributed by atoms with E-state index < -0.39 is 7.49 Å². The minimum absolute atomic E-state index is 0.266. The van der Waals surface area contributed by atoms with Crippen molar-refractivity contribution in [2.45, 2.75) is 6.92 Å². The van der Waals surface area contributed by atoms with Crippen LogP contribution in [0.1, 0.15) is 5.56 Å². The van der Waals surface area contributed by atoms with Gasteiger partial charge in [-0.3, -0.25) is 0 Å². The first-order valence-electron chi connectivity index (χ1n) is 5.29. The molecule has 0 amide bonds. The second-order valence-electron chi connectivity index (χ2n) is 3.82. The summed E-state index contributed by atoms with van der Waals surface area (Å²) in [6.45, 7) is 2.25. The zero-order valence-electron chi connectivity index (χ0n) is 9.74. The third-order valence-corrected chi connectivity index (χ3v) is 5.53.